The van der Waals surface area contributed by atoms with Crippen molar-refractivity contribution in [2.45, 2.75) is 39.2 Å². The second-order valence-corrected chi connectivity index (χ2v) is 4.88. The predicted molar refractivity (Wildman–Crippen MR) is 81.5 cm³/mol. The minimum Gasteiger partial charge on any atom is -0.493 e. The quantitative estimate of drug-likeness (QED) is 0.752. The van der Waals surface area contributed by atoms with Gasteiger partial charge >= 0.3 is 0 Å². The molecule has 0 unspecified atom stereocenters. The molecule has 2 aromatic carbocycles. The zero-order valence-electron chi connectivity index (χ0n) is 11.7. The Morgan fingerprint density at radius 3 is 2.63 bits per heavy atom. The molecule has 0 amide bonds. The van der Waals surface area contributed by atoms with Gasteiger partial charge in [-0.15, -0.1) is 0 Å². The Balaban J connectivity index is 2.10. The lowest BCUT2D eigenvalue weighted by Gasteiger charge is -2.13. The number of unbranched alkanes of at least 4 members (excludes halogenated alkanes) is 3. The summed E-state index contributed by atoms with van der Waals surface area (Å²) in [6, 6.07) is 12.5. The predicted octanol–water partition coefficient (Wildman–Crippen LogP) is 4.26. The molecule has 0 fully saturated rings. The summed E-state index contributed by atoms with van der Waals surface area (Å²) in [5.41, 5.74) is 7.01. The van der Waals surface area contributed by atoms with Gasteiger partial charge in [-0.25, -0.2) is 0 Å². The third kappa shape index (κ3) is 3.48. The Bertz CT molecular complexity index is 522. The maximum absolute atomic E-state index is 5.90. The number of hydrogen-bond donors (Lipinski definition) is 1. The van der Waals surface area contributed by atoms with E-state index in [4.69, 9.17) is 10.5 Å². The molecule has 0 aliphatic rings. The molecule has 0 aliphatic heterocycles. The second kappa shape index (κ2) is 7.15. The molecule has 0 saturated carbocycles. The molecule has 2 nitrogen and oxygen atoms in total. The van der Waals surface area contributed by atoms with E-state index in [0.717, 1.165) is 24.3 Å². The van der Waals surface area contributed by atoms with Gasteiger partial charge in [0.2, 0.25) is 0 Å². The Morgan fingerprint density at radius 2 is 1.84 bits per heavy atom. The lowest BCUT2D eigenvalue weighted by Crippen LogP contribution is -2.04. The van der Waals surface area contributed by atoms with E-state index in [-0.39, 0.29) is 0 Å². The van der Waals surface area contributed by atoms with Crippen molar-refractivity contribution in [2.75, 3.05) is 6.61 Å². The van der Waals surface area contributed by atoms with E-state index in [9.17, 15) is 0 Å². The van der Waals surface area contributed by atoms with E-state index in [1.54, 1.807) is 0 Å². The van der Waals surface area contributed by atoms with Gasteiger partial charge in [-0.3, -0.25) is 0 Å². The average Bonchev–Trinajstić information content (AvgIpc) is 2.46. The van der Waals surface area contributed by atoms with Crippen LogP contribution < -0.4 is 10.5 Å². The highest BCUT2D eigenvalue weighted by Crippen LogP contribution is 2.27. The van der Waals surface area contributed by atoms with Gasteiger partial charge in [-0.2, -0.15) is 0 Å². The van der Waals surface area contributed by atoms with Gasteiger partial charge in [-0.05, 0) is 23.3 Å². The fourth-order valence-corrected chi connectivity index (χ4v) is 2.37. The topological polar surface area (TPSA) is 35.2 Å². The van der Waals surface area contributed by atoms with Gasteiger partial charge in [0.1, 0.15) is 5.75 Å². The van der Waals surface area contributed by atoms with Gasteiger partial charge in [-0.1, -0.05) is 56.5 Å². The molecular formula is C17H23NO. The molecule has 2 rings (SSSR count). The van der Waals surface area contributed by atoms with Crippen LogP contribution in [0, 0.1) is 0 Å². The number of ether oxygens (including phenoxy) is 1. The van der Waals surface area contributed by atoms with Gasteiger partial charge < -0.3 is 10.5 Å². The lowest BCUT2D eigenvalue weighted by molar-refractivity contribution is 0.302. The first-order valence-electron chi connectivity index (χ1n) is 7.20. The van der Waals surface area contributed by atoms with Crippen LogP contribution in [0.15, 0.2) is 36.4 Å². The van der Waals surface area contributed by atoms with Crippen LogP contribution in [-0.4, -0.2) is 6.61 Å². The summed E-state index contributed by atoms with van der Waals surface area (Å²) in [6.07, 6.45) is 4.89. The van der Waals surface area contributed by atoms with Crippen LogP contribution >= 0.6 is 0 Å². The molecule has 0 heterocycles. The Labute approximate surface area is 115 Å². The minimum absolute atomic E-state index is 0.519. The number of benzene rings is 2. The molecule has 2 N–H and O–H groups in total. The monoisotopic (exact) mass is 257 g/mol. The fourth-order valence-electron chi connectivity index (χ4n) is 2.37. The first-order valence-corrected chi connectivity index (χ1v) is 7.20. The number of rotatable bonds is 7. The summed E-state index contributed by atoms with van der Waals surface area (Å²) < 4.78 is 5.90. The molecule has 2 aromatic rings. The van der Waals surface area contributed by atoms with Crippen LogP contribution in [0.1, 0.15) is 38.2 Å². The molecular weight excluding hydrogens is 234 g/mol. The summed E-state index contributed by atoms with van der Waals surface area (Å²) in [7, 11) is 0. The van der Waals surface area contributed by atoms with Crippen molar-refractivity contribution in [3.8, 4) is 5.75 Å². The van der Waals surface area contributed by atoms with Gasteiger partial charge in [0.05, 0.1) is 6.61 Å². The molecule has 0 spiro atoms. The first-order chi connectivity index (χ1) is 9.36. The summed E-state index contributed by atoms with van der Waals surface area (Å²) in [4.78, 5) is 0. The normalized spacial score (nSPS) is 10.8. The maximum atomic E-state index is 5.90. The minimum atomic E-state index is 0.519. The van der Waals surface area contributed by atoms with Crippen molar-refractivity contribution in [1.29, 1.82) is 0 Å². The average molecular weight is 257 g/mol. The Kier molecular flexibility index (Phi) is 5.22. The van der Waals surface area contributed by atoms with E-state index in [1.807, 2.05) is 18.2 Å². The number of fused-ring (bicyclic) bond motifs is 1. The Morgan fingerprint density at radius 1 is 1.00 bits per heavy atom. The second-order valence-electron chi connectivity index (χ2n) is 4.88. The highest BCUT2D eigenvalue weighted by Gasteiger charge is 2.06. The van der Waals surface area contributed by atoms with Crippen molar-refractivity contribution in [2.24, 2.45) is 5.73 Å². The molecule has 102 valence electrons. The molecule has 2 heteroatoms. The molecule has 0 aliphatic carbocycles. The van der Waals surface area contributed by atoms with Crippen LogP contribution in [0.4, 0.5) is 0 Å². The number of hydrogen-bond acceptors (Lipinski definition) is 2. The smallest absolute Gasteiger partial charge is 0.124 e. The largest absolute Gasteiger partial charge is 0.493 e. The molecule has 19 heavy (non-hydrogen) atoms. The molecule has 0 bridgehead atoms. The van der Waals surface area contributed by atoms with Crippen molar-refractivity contribution in [3.63, 3.8) is 0 Å². The van der Waals surface area contributed by atoms with Gasteiger partial charge in [0.25, 0.3) is 0 Å². The van der Waals surface area contributed by atoms with Crippen molar-refractivity contribution in [1.82, 2.24) is 0 Å². The van der Waals surface area contributed by atoms with Crippen LogP contribution in [-0.2, 0) is 6.54 Å². The van der Waals surface area contributed by atoms with E-state index in [2.05, 4.69) is 25.1 Å². The summed E-state index contributed by atoms with van der Waals surface area (Å²) in [5, 5.41) is 2.43. The maximum Gasteiger partial charge on any atom is 0.124 e. The van der Waals surface area contributed by atoms with Crippen molar-refractivity contribution >= 4 is 10.8 Å². The van der Waals surface area contributed by atoms with Crippen LogP contribution in [0.5, 0.6) is 5.75 Å². The van der Waals surface area contributed by atoms with Crippen molar-refractivity contribution < 1.29 is 4.74 Å². The summed E-state index contributed by atoms with van der Waals surface area (Å²) >= 11 is 0. The highest BCUT2D eigenvalue weighted by molar-refractivity contribution is 5.87. The van der Waals surface area contributed by atoms with Gasteiger partial charge in [0.15, 0.2) is 0 Å². The third-order valence-corrected chi connectivity index (χ3v) is 3.46. The standard InChI is InChI=1S/C17H23NO/c1-2-3-4-7-12-19-17-11-10-14-8-5-6-9-15(14)16(17)13-18/h5-6,8-11H,2-4,7,12-13,18H2,1H3. The van der Waals surface area contributed by atoms with Crippen LogP contribution in [0.3, 0.4) is 0 Å². The Hall–Kier alpha value is -1.54. The highest BCUT2D eigenvalue weighted by atomic mass is 16.5. The van der Waals surface area contributed by atoms with E-state index < -0.39 is 0 Å². The third-order valence-electron chi connectivity index (χ3n) is 3.46. The summed E-state index contributed by atoms with van der Waals surface area (Å²) in [6.45, 7) is 3.52. The number of nitrogens with two attached hydrogens (primary N) is 1. The molecule has 0 radical (unpaired) electrons. The fraction of sp³-hybridized carbons (Fsp3) is 0.412. The van der Waals surface area contributed by atoms with E-state index in [1.165, 1.54) is 30.0 Å². The van der Waals surface area contributed by atoms with Crippen LogP contribution in [0.2, 0.25) is 0 Å². The SMILES string of the molecule is CCCCCCOc1ccc2ccccc2c1CN. The van der Waals surface area contributed by atoms with E-state index in [0.29, 0.717) is 6.54 Å². The lowest BCUT2D eigenvalue weighted by atomic mass is 10.0. The molecule has 0 atom stereocenters. The first kappa shape index (κ1) is 13.9. The zero-order valence-corrected chi connectivity index (χ0v) is 11.7. The summed E-state index contributed by atoms with van der Waals surface area (Å²) in [5.74, 6) is 0.942. The van der Waals surface area contributed by atoms with Gasteiger partial charge in [0, 0.05) is 12.1 Å². The zero-order chi connectivity index (χ0) is 13.5. The molecule has 0 aromatic heterocycles. The van der Waals surface area contributed by atoms with Crippen LogP contribution in [0.25, 0.3) is 10.8 Å². The van der Waals surface area contributed by atoms with Crippen molar-refractivity contribution in [3.05, 3.63) is 42.0 Å². The van der Waals surface area contributed by atoms with E-state index >= 15 is 0 Å². The molecule has 0 saturated heterocycles.